The van der Waals surface area contributed by atoms with Gasteiger partial charge in [0.1, 0.15) is 6.07 Å². The summed E-state index contributed by atoms with van der Waals surface area (Å²) in [5.41, 5.74) is -3.43. The lowest BCUT2D eigenvalue weighted by atomic mass is 10.1. The summed E-state index contributed by atoms with van der Waals surface area (Å²) in [7, 11) is 0. The van der Waals surface area contributed by atoms with E-state index in [4.69, 9.17) is 5.26 Å². The zero-order chi connectivity index (χ0) is 15.8. The molecule has 0 aliphatic heterocycles. The Balaban J connectivity index is 2.76. The van der Waals surface area contributed by atoms with Crippen LogP contribution in [0.5, 0.6) is 0 Å². The molecule has 21 heavy (non-hydrogen) atoms. The van der Waals surface area contributed by atoms with E-state index in [9.17, 15) is 23.3 Å². The minimum atomic E-state index is -4.96. The van der Waals surface area contributed by atoms with Crippen LogP contribution < -0.4 is 0 Å². The van der Waals surface area contributed by atoms with Crippen molar-refractivity contribution < 1.29 is 18.1 Å². The summed E-state index contributed by atoms with van der Waals surface area (Å²) < 4.78 is 39.3. The van der Waals surface area contributed by atoms with Gasteiger partial charge >= 0.3 is 11.9 Å². The second-order valence-electron chi connectivity index (χ2n) is 3.97. The Kier molecular flexibility index (Phi) is 3.74. The lowest BCUT2D eigenvalue weighted by Gasteiger charge is -2.02. The molecule has 0 fully saturated rings. The Morgan fingerprint density at radius 1 is 1.29 bits per heavy atom. The van der Waals surface area contributed by atoms with E-state index in [0.717, 1.165) is 0 Å². The van der Waals surface area contributed by atoms with Gasteiger partial charge in [0, 0.05) is 4.47 Å². The summed E-state index contributed by atoms with van der Waals surface area (Å²) in [5.74, 6) is 0. The van der Waals surface area contributed by atoms with Gasteiger partial charge in [0.25, 0.3) is 0 Å². The summed E-state index contributed by atoms with van der Waals surface area (Å²) >= 11 is 3.16. The Bertz CT molecular complexity index is 745. The average molecular weight is 360 g/mol. The molecular formula is C12H5BrF3N3O2. The fourth-order valence-electron chi connectivity index (χ4n) is 1.82. The fourth-order valence-corrected chi connectivity index (χ4v) is 2.08. The number of aromatic nitrogens is 1. The second kappa shape index (κ2) is 5.21. The number of aromatic amines is 1. The molecule has 0 atom stereocenters. The standard InChI is InChI=1S/C12H5BrF3N3O2/c13-7-3-1-6(2-4-7)9-8(5-17)10(19(20)21)11(18-9)12(14,15)16/h1-4,18H. The third kappa shape index (κ3) is 2.75. The van der Waals surface area contributed by atoms with Crippen LogP contribution in [0.1, 0.15) is 11.3 Å². The van der Waals surface area contributed by atoms with Gasteiger partial charge in [-0.15, -0.1) is 0 Å². The van der Waals surface area contributed by atoms with Crippen LogP contribution in [0, 0.1) is 21.4 Å². The molecule has 0 saturated carbocycles. The van der Waals surface area contributed by atoms with Crippen LogP contribution in [0.15, 0.2) is 28.7 Å². The molecular weight excluding hydrogens is 355 g/mol. The number of hydrogen-bond acceptors (Lipinski definition) is 3. The molecule has 1 heterocycles. The highest BCUT2D eigenvalue weighted by Crippen LogP contribution is 2.41. The molecule has 0 radical (unpaired) electrons. The summed E-state index contributed by atoms with van der Waals surface area (Å²) in [6.07, 6.45) is -4.96. The van der Waals surface area contributed by atoms with Gasteiger partial charge in [-0.25, -0.2) is 0 Å². The van der Waals surface area contributed by atoms with Crippen molar-refractivity contribution in [1.82, 2.24) is 4.98 Å². The Morgan fingerprint density at radius 2 is 1.86 bits per heavy atom. The van der Waals surface area contributed by atoms with Crippen LogP contribution in [0.3, 0.4) is 0 Å². The number of rotatable bonds is 2. The van der Waals surface area contributed by atoms with E-state index in [2.05, 4.69) is 15.9 Å². The minimum Gasteiger partial charge on any atom is -0.344 e. The molecule has 9 heteroatoms. The first-order chi connectivity index (χ1) is 9.75. The van der Waals surface area contributed by atoms with Gasteiger partial charge in [-0.3, -0.25) is 10.1 Å². The highest BCUT2D eigenvalue weighted by molar-refractivity contribution is 9.10. The van der Waals surface area contributed by atoms with Gasteiger partial charge < -0.3 is 4.98 Å². The number of halogens is 4. The summed E-state index contributed by atoms with van der Waals surface area (Å²) in [6.45, 7) is 0. The van der Waals surface area contributed by atoms with Crippen LogP contribution in [-0.2, 0) is 6.18 Å². The molecule has 0 aliphatic rings. The summed E-state index contributed by atoms with van der Waals surface area (Å²) in [4.78, 5) is 11.6. The van der Waals surface area contributed by atoms with Crippen LogP contribution >= 0.6 is 15.9 Å². The fraction of sp³-hybridized carbons (Fsp3) is 0.0833. The lowest BCUT2D eigenvalue weighted by Crippen LogP contribution is -2.08. The van der Waals surface area contributed by atoms with E-state index in [1.165, 1.54) is 18.2 Å². The van der Waals surface area contributed by atoms with Crippen molar-refractivity contribution in [2.45, 2.75) is 6.18 Å². The maximum absolute atomic E-state index is 12.9. The van der Waals surface area contributed by atoms with Crippen molar-refractivity contribution in [2.75, 3.05) is 0 Å². The number of nitriles is 1. The molecule has 2 aromatic rings. The zero-order valence-corrected chi connectivity index (χ0v) is 11.6. The van der Waals surface area contributed by atoms with E-state index in [-0.39, 0.29) is 11.3 Å². The van der Waals surface area contributed by atoms with Crippen molar-refractivity contribution in [3.63, 3.8) is 0 Å². The predicted molar refractivity (Wildman–Crippen MR) is 70.3 cm³/mol. The maximum atomic E-state index is 12.9. The van der Waals surface area contributed by atoms with E-state index in [0.29, 0.717) is 4.47 Å². The number of nitrogens with zero attached hydrogens (tertiary/aromatic N) is 2. The Hall–Kier alpha value is -2.34. The predicted octanol–water partition coefficient (Wildman–Crippen LogP) is 4.24. The first kappa shape index (κ1) is 15.1. The first-order valence-corrected chi connectivity index (χ1v) is 6.18. The molecule has 1 aromatic heterocycles. The Morgan fingerprint density at radius 3 is 2.29 bits per heavy atom. The van der Waals surface area contributed by atoms with Crippen LogP contribution in [0.4, 0.5) is 18.9 Å². The van der Waals surface area contributed by atoms with Gasteiger partial charge in [0.15, 0.2) is 5.56 Å². The largest absolute Gasteiger partial charge is 0.438 e. The summed E-state index contributed by atoms with van der Waals surface area (Å²) in [6, 6.07) is 7.46. The van der Waals surface area contributed by atoms with Gasteiger partial charge in [-0.2, -0.15) is 18.4 Å². The molecule has 0 saturated heterocycles. The maximum Gasteiger partial charge on any atom is 0.438 e. The zero-order valence-electron chi connectivity index (χ0n) is 10.0. The topological polar surface area (TPSA) is 82.7 Å². The average Bonchev–Trinajstić information content (AvgIpc) is 2.79. The van der Waals surface area contributed by atoms with E-state index >= 15 is 0 Å². The molecule has 1 aromatic carbocycles. The van der Waals surface area contributed by atoms with Crippen molar-refractivity contribution in [2.24, 2.45) is 0 Å². The normalized spacial score (nSPS) is 11.2. The third-order valence-corrected chi connectivity index (χ3v) is 3.21. The molecule has 108 valence electrons. The number of H-pyrrole nitrogens is 1. The lowest BCUT2D eigenvalue weighted by molar-refractivity contribution is -0.388. The number of nitrogens with one attached hydrogen (secondary N) is 1. The number of alkyl halides is 3. The molecule has 0 bridgehead atoms. The van der Waals surface area contributed by atoms with Crippen LogP contribution in [0.25, 0.3) is 11.3 Å². The van der Waals surface area contributed by atoms with Gasteiger partial charge in [0.2, 0.25) is 5.69 Å². The third-order valence-electron chi connectivity index (χ3n) is 2.68. The molecule has 0 amide bonds. The second-order valence-corrected chi connectivity index (χ2v) is 4.89. The Labute approximate surface area is 124 Å². The van der Waals surface area contributed by atoms with Gasteiger partial charge in [0.05, 0.1) is 10.6 Å². The van der Waals surface area contributed by atoms with Crippen LogP contribution in [-0.4, -0.2) is 9.91 Å². The molecule has 1 N–H and O–H groups in total. The number of nitro groups is 1. The molecule has 5 nitrogen and oxygen atoms in total. The molecule has 2 rings (SSSR count). The van der Waals surface area contributed by atoms with E-state index in [1.54, 1.807) is 12.1 Å². The van der Waals surface area contributed by atoms with Crippen molar-refractivity contribution in [1.29, 1.82) is 5.26 Å². The molecule has 0 aliphatic carbocycles. The smallest absolute Gasteiger partial charge is 0.344 e. The van der Waals surface area contributed by atoms with E-state index in [1.807, 2.05) is 4.98 Å². The van der Waals surface area contributed by atoms with Crippen molar-refractivity contribution in [3.8, 4) is 17.3 Å². The quantitative estimate of drug-likeness (QED) is 0.642. The van der Waals surface area contributed by atoms with E-state index < -0.39 is 28.0 Å². The van der Waals surface area contributed by atoms with Crippen molar-refractivity contribution >= 4 is 21.6 Å². The van der Waals surface area contributed by atoms with Crippen molar-refractivity contribution in [3.05, 3.63) is 50.1 Å². The van der Waals surface area contributed by atoms with Gasteiger partial charge in [-0.05, 0) is 17.7 Å². The summed E-state index contributed by atoms with van der Waals surface area (Å²) in [5, 5.41) is 19.9. The first-order valence-electron chi connectivity index (χ1n) is 5.39. The number of benzene rings is 1. The minimum absolute atomic E-state index is 0.232. The highest BCUT2D eigenvalue weighted by Gasteiger charge is 2.44. The van der Waals surface area contributed by atoms with Crippen LogP contribution in [0.2, 0.25) is 0 Å². The molecule has 0 unspecified atom stereocenters. The number of hydrogen-bond donors (Lipinski definition) is 1. The molecule has 0 spiro atoms. The SMILES string of the molecule is N#Cc1c(-c2ccc(Br)cc2)[nH]c(C(F)(F)F)c1[N+](=O)[O-]. The monoisotopic (exact) mass is 359 g/mol. The highest BCUT2D eigenvalue weighted by atomic mass is 79.9. The van der Waals surface area contributed by atoms with Gasteiger partial charge in [-0.1, -0.05) is 28.1 Å².